The van der Waals surface area contributed by atoms with Crippen LogP contribution in [0.1, 0.15) is 0 Å². The lowest BCUT2D eigenvalue weighted by molar-refractivity contribution is 1.29. The molecule has 0 aliphatic carbocycles. The Balaban J connectivity index is 1.23. The van der Waals surface area contributed by atoms with E-state index in [4.69, 9.17) is 0 Å². The van der Waals surface area contributed by atoms with Crippen LogP contribution in [0.5, 0.6) is 0 Å². The van der Waals surface area contributed by atoms with Crippen molar-refractivity contribution in [3.8, 4) is 33.4 Å². The van der Waals surface area contributed by atoms with Gasteiger partial charge in [-0.05, 0) is 143 Å². The van der Waals surface area contributed by atoms with Crippen molar-refractivity contribution >= 4 is 60.2 Å². The first-order valence-corrected chi connectivity index (χ1v) is 18.3. The minimum Gasteiger partial charge on any atom is -0.310 e. The predicted octanol–water partition coefficient (Wildman–Crippen LogP) is 14.8. The lowest BCUT2D eigenvalue weighted by atomic mass is 9.87. The molecule has 0 radical (unpaired) electrons. The van der Waals surface area contributed by atoms with Crippen LogP contribution in [0.15, 0.2) is 212 Å². The molecular formula is C52H35N. The molecule has 0 aromatic heterocycles. The summed E-state index contributed by atoms with van der Waals surface area (Å²) in [5, 5.41) is 9.90. The van der Waals surface area contributed by atoms with Crippen LogP contribution in [0.3, 0.4) is 0 Å². The molecule has 0 spiro atoms. The van der Waals surface area contributed by atoms with E-state index < -0.39 is 0 Å². The minimum absolute atomic E-state index is 1.12. The van der Waals surface area contributed by atoms with E-state index in [1.807, 2.05) is 0 Å². The predicted molar refractivity (Wildman–Crippen MR) is 227 cm³/mol. The molecule has 1 heteroatoms. The molecule has 0 heterocycles. The fourth-order valence-corrected chi connectivity index (χ4v) is 7.99. The summed E-state index contributed by atoms with van der Waals surface area (Å²) in [6.45, 7) is 0. The van der Waals surface area contributed by atoms with E-state index in [0.29, 0.717) is 0 Å². The van der Waals surface area contributed by atoms with Crippen LogP contribution in [0.25, 0.3) is 76.5 Å². The van der Waals surface area contributed by atoms with E-state index in [0.717, 1.165) is 17.1 Å². The number of benzene rings is 10. The molecule has 0 amide bonds. The number of fused-ring (bicyclic) bond motifs is 5. The van der Waals surface area contributed by atoms with Crippen molar-refractivity contribution in [3.05, 3.63) is 212 Å². The Morgan fingerprint density at radius 2 is 0.717 bits per heavy atom. The molecule has 10 aromatic rings. The minimum atomic E-state index is 1.12. The average molecular weight is 674 g/mol. The summed E-state index contributed by atoms with van der Waals surface area (Å²) in [5.74, 6) is 0. The molecule has 0 aliphatic heterocycles. The molecule has 53 heavy (non-hydrogen) atoms. The Labute approximate surface area is 309 Å². The van der Waals surface area contributed by atoms with Crippen molar-refractivity contribution in [2.45, 2.75) is 0 Å². The number of rotatable bonds is 6. The van der Waals surface area contributed by atoms with Crippen molar-refractivity contribution in [2.24, 2.45) is 0 Å². The first-order valence-electron chi connectivity index (χ1n) is 18.3. The van der Waals surface area contributed by atoms with Gasteiger partial charge in [0.15, 0.2) is 0 Å². The first-order chi connectivity index (χ1) is 26.3. The zero-order valence-corrected chi connectivity index (χ0v) is 29.2. The van der Waals surface area contributed by atoms with Crippen molar-refractivity contribution in [2.75, 3.05) is 4.90 Å². The SMILES string of the molecule is c1ccc(-c2cc3ccccc3cc2-c2ccc3c(c2)c(-c2ccc4ccccc4c2)cc2cc(N(c4ccccc4)c4ccccc4)ccc23)cc1. The van der Waals surface area contributed by atoms with Gasteiger partial charge in [-0.1, -0.05) is 146 Å². The molecule has 0 N–H and O–H groups in total. The van der Waals surface area contributed by atoms with Gasteiger partial charge in [0.1, 0.15) is 0 Å². The van der Waals surface area contributed by atoms with Crippen LogP contribution in [0, 0.1) is 0 Å². The Bertz CT molecular complexity index is 2890. The maximum Gasteiger partial charge on any atom is 0.0468 e. The van der Waals surface area contributed by atoms with Gasteiger partial charge in [-0.15, -0.1) is 0 Å². The Morgan fingerprint density at radius 1 is 0.226 bits per heavy atom. The smallest absolute Gasteiger partial charge is 0.0468 e. The quantitative estimate of drug-likeness (QED) is 0.159. The van der Waals surface area contributed by atoms with Crippen molar-refractivity contribution in [1.29, 1.82) is 0 Å². The number of anilines is 3. The normalized spacial score (nSPS) is 11.4. The molecule has 0 saturated heterocycles. The van der Waals surface area contributed by atoms with E-state index in [9.17, 15) is 0 Å². The fraction of sp³-hybridized carbons (Fsp3) is 0. The number of hydrogen-bond acceptors (Lipinski definition) is 1. The number of hydrogen-bond donors (Lipinski definition) is 0. The first kappa shape index (κ1) is 30.8. The van der Waals surface area contributed by atoms with Gasteiger partial charge >= 0.3 is 0 Å². The lowest BCUT2D eigenvalue weighted by Crippen LogP contribution is -2.09. The van der Waals surface area contributed by atoms with Crippen molar-refractivity contribution in [3.63, 3.8) is 0 Å². The average Bonchev–Trinajstić information content (AvgIpc) is 3.23. The van der Waals surface area contributed by atoms with Crippen LogP contribution in [0.2, 0.25) is 0 Å². The summed E-state index contributed by atoms with van der Waals surface area (Å²) < 4.78 is 0. The second-order valence-corrected chi connectivity index (χ2v) is 13.8. The van der Waals surface area contributed by atoms with Gasteiger partial charge in [-0.3, -0.25) is 0 Å². The van der Waals surface area contributed by atoms with Crippen LogP contribution in [-0.2, 0) is 0 Å². The van der Waals surface area contributed by atoms with E-state index in [1.54, 1.807) is 0 Å². The van der Waals surface area contributed by atoms with Crippen molar-refractivity contribution in [1.82, 2.24) is 0 Å². The number of para-hydroxylation sites is 2. The van der Waals surface area contributed by atoms with E-state index in [1.165, 1.54) is 76.5 Å². The van der Waals surface area contributed by atoms with Gasteiger partial charge in [0, 0.05) is 17.1 Å². The van der Waals surface area contributed by atoms with Gasteiger partial charge < -0.3 is 4.90 Å². The molecule has 0 fully saturated rings. The molecule has 0 aliphatic rings. The summed E-state index contributed by atoms with van der Waals surface area (Å²) in [6.07, 6.45) is 0. The van der Waals surface area contributed by atoms with Crippen LogP contribution in [-0.4, -0.2) is 0 Å². The highest BCUT2D eigenvalue weighted by atomic mass is 15.1. The lowest BCUT2D eigenvalue weighted by Gasteiger charge is -2.26. The fourth-order valence-electron chi connectivity index (χ4n) is 7.99. The van der Waals surface area contributed by atoms with E-state index in [-0.39, 0.29) is 0 Å². The molecule has 0 unspecified atom stereocenters. The molecule has 0 bridgehead atoms. The second-order valence-electron chi connectivity index (χ2n) is 13.8. The molecule has 0 atom stereocenters. The third-order valence-electron chi connectivity index (χ3n) is 10.6. The summed E-state index contributed by atoms with van der Waals surface area (Å²) in [5.41, 5.74) is 10.7. The summed E-state index contributed by atoms with van der Waals surface area (Å²) in [4.78, 5) is 2.34. The highest BCUT2D eigenvalue weighted by Gasteiger charge is 2.17. The molecule has 10 aromatic carbocycles. The van der Waals surface area contributed by atoms with Crippen LogP contribution >= 0.6 is 0 Å². The topological polar surface area (TPSA) is 3.24 Å². The highest BCUT2D eigenvalue weighted by Crippen LogP contribution is 2.43. The third-order valence-corrected chi connectivity index (χ3v) is 10.6. The molecule has 248 valence electrons. The number of nitrogens with zero attached hydrogens (tertiary/aromatic N) is 1. The van der Waals surface area contributed by atoms with Gasteiger partial charge in [-0.25, -0.2) is 0 Å². The summed E-state index contributed by atoms with van der Waals surface area (Å²) in [6, 6.07) is 77.4. The zero-order valence-electron chi connectivity index (χ0n) is 29.2. The van der Waals surface area contributed by atoms with Crippen LogP contribution in [0.4, 0.5) is 17.1 Å². The van der Waals surface area contributed by atoms with Crippen LogP contribution < -0.4 is 4.90 Å². The maximum atomic E-state index is 2.42. The van der Waals surface area contributed by atoms with Gasteiger partial charge in [-0.2, -0.15) is 0 Å². The standard InChI is InChI=1S/C52H35N/c1-4-15-37(16-5-1)49-32-39-18-12-13-19-40(39)33-50(49)42-26-28-48-47-29-27-46(53(44-20-6-2-7-21-44)45-22-8-3-9-23-45)31-43(47)35-51(52(48)34-42)41-25-24-36-14-10-11-17-38(36)30-41/h1-35H. The maximum absolute atomic E-state index is 2.42. The zero-order chi connectivity index (χ0) is 35.1. The monoisotopic (exact) mass is 673 g/mol. The van der Waals surface area contributed by atoms with E-state index in [2.05, 4.69) is 217 Å². The summed E-state index contributed by atoms with van der Waals surface area (Å²) in [7, 11) is 0. The Hall–Kier alpha value is -6.96. The second kappa shape index (κ2) is 13.0. The highest BCUT2D eigenvalue weighted by molar-refractivity contribution is 6.16. The molecule has 10 rings (SSSR count). The van der Waals surface area contributed by atoms with Gasteiger partial charge in [0.05, 0.1) is 0 Å². The molecule has 1 nitrogen and oxygen atoms in total. The Morgan fingerprint density at radius 3 is 1.38 bits per heavy atom. The summed E-state index contributed by atoms with van der Waals surface area (Å²) >= 11 is 0. The van der Waals surface area contributed by atoms with Gasteiger partial charge in [0.25, 0.3) is 0 Å². The molecule has 0 saturated carbocycles. The van der Waals surface area contributed by atoms with E-state index >= 15 is 0 Å². The Kier molecular flexibility index (Phi) is 7.55. The third kappa shape index (κ3) is 5.60. The largest absolute Gasteiger partial charge is 0.310 e. The molecular weight excluding hydrogens is 639 g/mol. The van der Waals surface area contributed by atoms with Crippen molar-refractivity contribution < 1.29 is 0 Å². The van der Waals surface area contributed by atoms with Gasteiger partial charge in [0.2, 0.25) is 0 Å².